The number of hydrogen-bond donors (Lipinski definition) is 1. The van der Waals surface area contributed by atoms with Crippen molar-refractivity contribution in [2.45, 2.75) is 53.0 Å². The van der Waals surface area contributed by atoms with Crippen molar-refractivity contribution in [2.75, 3.05) is 26.2 Å². The molecule has 0 aromatic heterocycles. The molecule has 2 atom stereocenters. The van der Waals surface area contributed by atoms with Crippen LogP contribution in [0.4, 0.5) is 0 Å². The van der Waals surface area contributed by atoms with Crippen LogP contribution in [0.3, 0.4) is 0 Å². The largest absolute Gasteiger partial charge is 0.315 e. The summed E-state index contributed by atoms with van der Waals surface area (Å²) in [7, 11) is 0. The highest BCUT2D eigenvalue weighted by Crippen LogP contribution is 2.21. The Kier molecular flexibility index (Phi) is 6.37. The lowest BCUT2D eigenvalue weighted by atomic mass is 9.96. The van der Waals surface area contributed by atoms with Gasteiger partial charge in [0.2, 0.25) is 0 Å². The molecule has 1 fully saturated rings. The standard InChI is InChI=1S/C14H30N2/c1-5-12(6-2)11-16(8-4)14-10-15-9-13(14)7-3/h12-15H,5-11H2,1-4H3. The van der Waals surface area contributed by atoms with Crippen LogP contribution in [0.1, 0.15) is 47.0 Å². The van der Waals surface area contributed by atoms with Crippen molar-refractivity contribution in [1.82, 2.24) is 10.2 Å². The van der Waals surface area contributed by atoms with Gasteiger partial charge in [-0.2, -0.15) is 0 Å². The van der Waals surface area contributed by atoms with Crippen molar-refractivity contribution in [2.24, 2.45) is 11.8 Å². The topological polar surface area (TPSA) is 15.3 Å². The zero-order valence-corrected chi connectivity index (χ0v) is 11.6. The predicted octanol–water partition coefficient (Wildman–Crippen LogP) is 2.74. The molecule has 16 heavy (non-hydrogen) atoms. The third-order valence-electron chi connectivity index (χ3n) is 4.35. The molecule has 1 saturated heterocycles. The van der Waals surface area contributed by atoms with Crippen molar-refractivity contribution in [3.05, 3.63) is 0 Å². The molecule has 0 aromatic rings. The normalized spacial score (nSPS) is 25.9. The SMILES string of the molecule is CCC(CC)CN(CC)C1CNCC1CC. The maximum atomic E-state index is 3.56. The lowest BCUT2D eigenvalue weighted by molar-refractivity contribution is 0.148. The van der Waals surface area contributed by atoms with Gasteiger partial charge < -0.3 is 5.32 Å². The number of nitrogens with zero attached hydrogens (tertiary/aromatic N) is 1. The molecule has 0 aromatic carbocycles. The van der Waals surface area contributed by atoms with E-state index in [-0.39, 0.29) is 0 Å². The average Bonchev–Trinajstić information content (AvgIpc) is 2.79. The van der Waals surface area contributed by atoms with Gasteiger partial charge in [-0.15, -0.1) is 0 Å². The van der Waals surface area contributed by atoms with Crippen LogP contribution in [-0.2, 0) is 0 Å². The summed E-state index contributed by atoms with van der Waals surface area (Å²) in [5.41, 5.74) is 0. The summed E-state index contributed by atoms with van der Waals surface area (Å²) in [5, 5.41) is 3.56. The second-order valence-corrected chi connectivity index (χ2v) is 5.16. The van der Waals surface area contributed by atoms with Gasteiger partial charge in [0, 0.05) is 19.1 Å². The first-order valence-electron chi connectivity index (χ1n) is 7.21. The van der Waals surface area contributed by atoms with Crippen molar-refractivity contribution in [3.63, 3.8) is 0 Å². The third kappa shape index (κ3) is 3.46. The Morgan fingerprint density at radius 2 is 1.81 bits per heavy atom. The molecule has 0 saturated carbocycles. The van der Waals surface area contributed by atoms with Crippen LogP contribution in [0, 0.1) is 11.8 Å². The molecule has 1 rings (SSSR count). The molecule has 1 aliphatic heterocycles. The molecule has 2 heteroatoms. The Bertz CT molecular complexity index is 178. The van der Waals surface area contributed by atoms with Gasteiger partial charge in [-0.05, 0) is 24.9 Å². The third-order valence-corrected chi connectivity index (χ3v) is 4.35. The fourth-order valence-corrected chi connectivity index (χ4v) is 2.94. The molecule has 1 heterocycles. The summed E-state index contributed by atoms with van der Waals surface area (Å²) in [6.07, 6.45) is 3.96. The minimum Gasteiger partial charge on any atom is -0.315 e. The number of rotatable bonds is 7. The predicted molar refractivity (Wildman–Crippen MR) is 71.8 cm³/mol. The molecular formula is C14H30N2. The van der Waals surface area contributed by atoms with Crippen LogP contribution in [-0.4, -0.2) is 37.1 Å². The summed E-state index contributed by atoms with van der Waals surface area (Å²) in [6.45, 7) is 14.2. The fourth-order valence-electron chi connectivity index (χ4n) is 2.94. The zero-order chi connectivity index (χ0) is 12.0. The lowest BCUT2D eigenvalue weighted by Gasteiger charge is -2.33. The lowest BCUT2D eigenvalue weighted by Crippen LogP contribution is -2.43. The first-order chi connectivity index (χ1) is 7.76. The molecule has 1 N–H and O–H groups in total. The summed E-state index contributed by atoms with van der Waals surface area (Å²) in [4.78, 5) is 2.71. The summed E-state index contributed by atoms with van der Waals surface area (Å²) in [6, 6.07) is 0.788. The van der Waals surface area contributed by atoms with Gasteiger partial charge in [-0.1, -0.05) is 47.0 Å². The Morgan fingerprint density at radius 1 is 1.12 bits per heavy atom. The first kappa shape index (κ1) is 14.0. The van der Waals surface area contributed by atoms with Gasteiger partial charge in [0.1, 0.15) is 0 Å². The zero-order valence-electron chi connectivity index (χ0n) is 11.6. The van der Waals surface area contributed by atoms with Crippen LogP contribution in [0.25, 0.3) is 0 Å². The van der Waals surface area contributed by atoms with Crippen LogP contribution >= 0.6 is 0 Å². The summed E-state index contributed by atoms with van der Waals surface area (Å²) in [5.74, 6) is 1.76. The Hall–Kier alpha value is -0.0800. The molecular weight excluding hydrogens is 196 g/mol. The molecule has 2 nitrogen and oxygen atoms in total. The van der Waals surface area contributed by atoms with E-state index in [0.29, 0.717) is 0 Å². The Balaban J connectivity index is 2.52. The average molecular weight is 226 g/mol. The summed E-state index contributed by atoms with van der Waals surface area (Å²) < 4.78 is 0. The Labute approximate surface area is 102 Å². The molecule has 0 spiro atoms. The van der Waals surface area contributed by atoms with Crippen LogP contribution in [0.2, 0.25) is 0 Å². The summed E-state index contributed by atoms with van der Waals surface area (Å²) >= 11 is 0. The maximum Gasteiger partial charge on any atom is 0.0260 e. The molecule has 0 amide bonds. The van der Waals surface area contributed by atoms with Gasteiger partial charge in [0.15, 0.2) is 0 Å². The fraction of sp³-hybridized carbons (Fsp3) is 1.00. The van der Waals surface area contributed by atoms with E-state index in [1.807, 2.05) is 0 Å². The van der Waals surface area contributed by atoms with Gasteiger partial charge in [-0.25, -0.2) is 0 Å². The van der Waals surface area contributed by atoms with E-state index in [1.165, 1.54) is 45.4 Å². The molecule has 2 unspecified atom stereocenters. The maximum absolute atomic E-state index is 3.56. The van der Waals surface area contributed by atoms with Crippen molar-refractivity contribution >= 4 is 0 Å². The van der Waals surface area contributed by atoms with Crippen LogP contribution in [0.15, 0.2) is 0 Å². The van der Waals surface area contributed by atoms with E-state index < -0.39 is 0 Å². The number of likely N-dealkylation sites (N-methyl/N-ethyl adjacent to an activating group) is 1. The van der Waals surface area contributed by atoms with E-state index in [4.69, 9.17) is 0 Å². The second-order valence-electron chi connectivity index (χ2n) is 5.16. The number of nitrogens with one attached hydrogen (secondary N) is 1. The highest BCUT2D eigenvalue weighted by molar-refractivity contribution is 4.88. The van der Waals surface area contributed by atoms with E-state index in [0.717, 1.165) is 17.9 Å². The molecule has 0 bridgehead atoms. The molecule has 1 aliphatic rings. The molecule has 96 valence electrons. The van der Waals surface area contributed by atoms with Crippen molar-refractivity contribution < 1.29 is 0 Å². The van der Waals surface area contributed by atoms with Crippen molar-refractivity contribution in [1.29, 1.82) is 0 Å². The highest BCUT2D eigenvalue weighted by atomic mass is 15.2. The highest BCUT2D eigenvalue weighted by Gasteiger charge is 2.30. The van der Waals surface area contributed by atoms with Crippen LogP contribution < -0.4 is 5.32 Å². The second kappa shape index (κ2) is 7.29. The minimum atomic E-state index is 0.788. The monoisotopic (exact) mass is 226 g/mol. The quantitative estimate of drug-likeness (QED) is 0.718. The molecule has 0 radical (unpaired) electrons. The van der Waals surface area contributed by atoms with Gasteiger partial charge in [0.25, 0.3) is 0 Å². The van der Waals surface area contributed by atoms with E-state index in [2.05, 4.69) is 37.9 Å². The first-order valence-corrected chi connectivity index (χ1v) is 7.21. The molecule has 0 aliphatic carbocycles. The van der Waals surface area contributed by atoms with Crippen LogP contribution in [0.5, 0.6) is 0 Å². The van der Waals surface area contributed by atoms with Gasteiger partial charge in [-0.3, -0.25) is 4.90 Å². The van der Waals surface area contributed by atoms with E-state index in [9.17, 15) is 0 Å². The minimum absolute atomic E-state index is 0.788. The van der Waals surface area contributed by atoms with Crippen molar-refractivity contribution in [3.8, 4) is 0 Å². The van der Waals surface area contributed by atoms with Gasteiger partial charge in [0.05, 0.1) is 0 Å². The Morgan fingerprint density at radius 3 is 2.31 bits per heavy atom. The smallest absolute Gasteiger partial charge is 0.0260 e. The number of hydrogen-bond acceptors (Lipinski definition) is 2. The van der Waals surface area contributed by atoms with E-state index in [1.54, 1.807) is 0 Å². The van der Waals surface area contributed by atoms with Gasteiger partial charge >= 0.3 is 0 Å². The van der Waals surface area contributed by atoms with E-state index >= 15 is 0 Å².